The van der Waals surface area contributed by atoms with E-state index < -0.39 is 0 Å². The predicted octanol–water partition coefficient (Wildman–Crippen LogP) is 1.00. The molecular formula is C16H22ClN3O2. The van der Waals surface area contributed by atoms with E-state index in [1.165, 1.54) is 0 Å². The van der Waals surface area contributed by atoms with Crippen LogP contribution in [0.5, 0.6) is 0 Å². The van der Waals surface area contributed by atoms with Gasteiger partial charge in [-0.2, -0.15) is 0 Å². The summed E-state index contributed by atoms with van der Waals surface area (Å²) in [5.41, 5.74) is 0.723. The third-order valence-electron chi connectivity index (χ3n) is 4.25. The van der Waals surface area contributed by atoms with E-state index in [1.807, 2.05) is 40.1 Å². The molecule has 3 rings (SSSR count). The molecular weight excluding hydrogens is 302 g/mol. The van der Waals surface area contributed by atoms with Gasteiger partial charge >= 0.3 is 0 Å². The molecule has 0 atom stereocenters. The molecule has 2 aliphatic heterocycles. The number of rotatable bonds is 2. The van der Waals surface area contributed by atoms with E-state index in [0.717, 1.165) is 38.2 Å². The monoisotopic (exact) mass is 323 g/mol. The molecule has 0 radical (unpaired) electrons. The molecule has 2 heterocycles. The summed E-state index contributed by atoms with van der Waals surface area (Å²) in [5.74, 6) is 0.444. The van der Waals surface area contributed by atoms with Crippen molar-refractivity contribution >= 4 is 24.2 Å². The Hall–Kier alpha value is -1.59. The fourth-order valence-electron chi connectivity index (χ4n) is 2.83. The number of benzene rings is 1. The van der Waals surface area contributed by atoms with Crippen LogP contribution in [0.15, 0.2) is 30.3 Å². The van der Waals surface area contributed by atoms with Crippen LogP contribution in [0.2, 0.25) is 0 Å². The molecule has 5 nitrogen and oxygen atoms in total. The van der Waals surface area contributed by atoms with Gasteiger partial charge < -0.3 is 15.1 Å². The van der Waals surface area contributed by atoms with Gasteiger partial charge in [-0.25, -0.2) is 0 Å². The van der Waals surface area contributed by atoms with Gasteiger partial charge in [0, 0.05) is 44.8 Å². The van der Waals surface area contributed by atoms with Gasteiger partial charge in [-0.05, 0) is 18.6 Å². The van der Waals surface area contributed by atoms with E-state index in [9.17, 15) is 9.59 Å². The Labute approximate surface area is 137 Å². The molecule has 120 valence electrons. The maximum atomic E-state index is 12.4. The quantitative estimate of drug-likeness (QED) is 0.883. The zero-order valence-corrected chi connectivity index (χ0v) is 13.3. The standard InChI is InChI=1S/C16H21N3O2.ClH/c20-15(13-5-2-1-3-6-13)18-7-4-8-19(10-9-18)16(21)14-11-17-12-14;/h1-3,5-6,14,17H,4,7-12H2;1H. The lowest BCUT2D eigenvalue weighted by molar-refractivity contribution is -0.136. The summed E-state index contributed by atoms with van der Waals surface area (Å²) < 4.78 is 0. The van der Waals surface area contributed by atoms with Gasteiger partial charge in [-0.1, -0.05) is 18.2 Å². The maximum Gasteiger partial charge on any atom is 0.253 e. The number of hydrogen-bond acceptors (Lipinski definition) is 3. The van der Waals surface area contributed by atoms with Crippen LogP contribution in [0.25, 0.3) is 0 Å². The van der Waals surface area contributed by atoms with Crippen LogP contribution >= 0.6 is 12.4 Å². The van der Waals surface area contributed by atoms with Crippen LogP contribution in [0, 0.1) is 5.92 Å². The minimum absolute atomic E-state index is 0. The van der Waals surface area contributed by atoms with Crippen molar-refractivity contribution in [2.45, 2.75) is 6.42 Å². The van der Waals surface area contributed by atoms with E-state index in [-0.39, 0.29) is 30.1 Å². The van der Waals surface area contributed by atoms with Crippen molar-refractivity contribution in [3.63, 3.8) is 0 Å². The number of amides is 2. The summed E-state index contributed by atoms with van der Waals surface area (Å²) in [6.07, 6.45) is 0.852. The van der Waals surface area contributed by atoms with E-state index in [4.69, 9.17) is 0 Å². The summed E-state index contributed by atoms with van der Waals surface area (Å²) in [6.45, 7) is 4.34. The molecule has 1 aromatic rings. The molecule has 1 N–H and O–H groups in total. The molecule has 2 fully saturated rings. The van der Waals surface area contributed by atoms with Gasteiger partial charge in [0.05, 0.1) is 5.92 Å². The first-order chi connectivity index (χ1) is 10.3. The SMILES string of the molecule is Cl.O=C(c1ccccc1)N1CCCN(C(=O)C2CNC2)CC1. The third-order valence-corrected chi connectivity index (χ3v) is 4.25. The Morgan fingerprint density at radius 2 is 1.59 bits per heavy atom. The van der Waals surface area contributed by atoms with Crippen molar-refractivity contribution in [2.75, 3.05) is 39.3 Å². The molecule has 0 aromatic heterocycles. The Morgan fingerprint density at radius 3 is 2.23 bits per heavy atom. The van der Waals surface area contributed by atoms with Crippen molar-refractivity contribution < 1.29 is 9.59 Å². The zero-order chi connectivity index (χ0) is 14.7. The summed E-state index contributed by atoms with van der Waals surface area (Å²) >= 11 is 0. The van der Waals surface area contributed by atoms with Crippen molar-refractivity contribution in [3.05, 3.63) is 35.9 Å². The molecule has 2 aliphatic rings. The van der Waals surface area contributed by atoms with Gasteiger partial charge in [0.25, 0.3) is 5.91 Å². The molecule has 0 spiro atoms. The molecule has 0 saturated carbocycles. The number of hydrogen-bond donors (Lipinski definition) is 1. The highest BCUT2D eigenvalue weighted by molar-refractivity contribution is 5.94. The Morgan fingerprint density at radius 1 is 0.955 bits per heavy atom. The Bertz CT molecular complexity index is 519. The Balaban J connectivity index is 0.00000176. The van der Waals surface area contributed by atoms with Crippen molar-refractivity contribution in [2.24, 2.45) is 5.92 Å². The number of nitrogens with one attached hydrogen (secondary N) is 1. The first-order valence-electron chi connectivity index (χ1n) is 7.59. The number of nitrogens with zero attached hydrogens (tertiary/aromatic N) is 2. The largest absolute Gasteiger partial charge is 0.341 e. The highest BCUT2D eigenvalue weighted by atomic mass is 35.5. The fraction of sp³-hybridized carbons (Fsp3) is 0.500. The zero-order valence-electron chi connectivity index (χ0n) is 12.5. The molecule has 0 unspecified atom stereocenters. The van der Waals surface area contributed by atoms with E-state index in [0.29, 0.717) is 13.1 Å². The number of halogens is 1. The summed E-state index contributed by atoms with van der Waals surface area (Å²) in [5, 5.41) is 3.13. The lowest BCUT2D eigenvalue weighted by Crippen LogP contribution is -2.52. The van der Waals surface area contributed by atoms with Crippen LogP contribution in [-0.2, 0) is 4.79 Å². The molecule has 2 amide bonds. The minimum atomic E-state index is 0. The lowest BCUT2D eigenvalue weighted by atomic mass is 10.0. The van der Waals surface area contributed by atoms with Crippen LogP contribution < -0.4 is 5.32 Å². The van der Waals surface area contributed by atoms with Crippen molar-refractivity contribution in [1.29, 1.82) is 0 Å². The second-order valence-electron chi connectivity index (χ2n) is 5.69. The topological polar surface area (TPSA) is 52.7 Å². The second-order valence-corrected chi connectivity index (χ2v) is 5.69. The number of carbonyl (C=O) groups excluding carboxylic acids is 2. The summed E-state index contributed by atoms with van der Waals surface area (Å²) in [6, 6.07) is 9.35. The molecule has 0 aliphatic carbocycles. The van der Waals surface area contributed by atoms with Crippen molar-refractivity contribution in [1.82, 2.24) is 15.1 Å². The van der Waals surface area contributed by atoms with Gasteiger partial charge in [-0.3, -0.25) is 9.59 Å². The van der Waals surface area contributed by atoms with E-state index >= 15 is 0 Å². The first kappa shape index (κ1) is 16.8. The summed E-state index contributed by atoms with van der Waals surface area (Å²) in [7, 11) is 0. The van der Waals surface area contributed by atoms with Crippen LogP contribution in [0.3, 0.4) is 0 Å². The number of carbonyl (C=O) groups is 2. The van der Waals surface area contributed by atoms with Crippen LogP contribution in [0.1, 0.15) is 16.8 Å². The van der Waals surface area contributed by atoms with E-state index in [2.05, 4.69) is 5.32 Å². The van der Waals surface area contributed by atoms with Gasteiger partial charge in [0.1, 0.15) is 0 Å². The lowest BCUT2D eigenvalue weighted by Gasteiger charge is -2.31. The highest BCUT2D eigenvalue weighted by Crippen LogP contribution is 2.13. The fourth-order valence-corrected chi connectivity index (χ4v) is 2.83. The minimum Gasteiger partial charge on any atom is -0.341 e. The van der Waals surface area contributed by atoms with E-state index in [1.54, 1.807) is 0 Å². The molecule has 22 heavy (non-hydrogen) atoms. The van der Waals surface area contributed by atoms with Gasteiger partial charge in [0.2, 0.25) is 5.91 Å². The molecule has 6 heteroatoms. The maximum absolute atomic E-state index is 12.4. The molecule has 2 saturated heterocycles. The second kappa shape index (κ2) is 7.61. The first-order valence-corrected chi connectivity index (χ1v) is 7.59. The van der Waals surface area contributed by atoms with Crippen LogP contribution in [0.4, 0.5) is 0 Å². The average molecular weight is 324 g/mol. The van der Waals surface area contributed by atoms with Crippen molar-refractivity contribution in [3.8, 4) is 0 Å². The normalized spacial score (nSPS) is 18.9. The Kier molecular flexibility index (Phi) is 5.80. The average Bonchev–Trinajstić information content (AvgIpc) is 2.71. The summed E-state index contributed by atoms with van der Waals surface area (Å²) in [4.78, 5) is 28.5. The van der Waals surface area contributed by atoms with Crippen LogP contribution in [-0.4, -0.2) is 60.9 Å². The smallest absolute Gasteiger partial charge is 0.253 e. The van der Waals surface area contributed by atoms with Gasteiger partial charge in [-0.15, -0.1) is 12.4 Å². The predicted molar refractivity (Wildman–Crippen MR) is 87.2 cm³/mol. The molecule has 1 aromatic carbocycles. The molecule has 0 bridgehead atoms. The third kappa shape index (κ3) is 3.59. The highest BCUT2D eigenvalue weighted by Gasteiger charge is 2.30. The van der Waals surface area contributed by atoms with Gasteiger partial charge in [0.15, 0.2) is 0 Å².